The first-order valence-corrected chi connectivity index (χ1v) is 7.05. The molecule has 0 aliphatic carbocycles. The summed E-state index contributed by atoms with van der Waals surface area (Å²) >= 11 is 0. The van der Waals surface area contributed by atoms with Gasteiger partial charge in [-0.25, -0.2) is 4.79 Å². The summed E-state index contributed by atoms with van der Waals surface area (Å²) in [5, 5.41) is 0. The number of carbonyl (C=O) groups excluding carboxylic acids is 1. The third-order valence-corrected chi connectivity index (χ3v) is 3.16. The van der Waals surface area contributed by atoms with Crippen molar-refractivity contribution >= 4 is 5.97 Å². The normalized spacial score (nSPS) is 11.9. The zero-order chi connectivity index (χ0) is 18.7. The van der Waals surface area contributed by atoms with Gasteiger partial charge in [0, 0.05) is 0 Å². The van der Waals surface area contributed by atoms with E-state index in [4.69, 9.17) is 4.74 Å². The fourth-order valence-corrected chi connectivity index (χ4v) is 1.72. The molecule has 0 atom stereocenters. The van der Waals surface area contributed by atoms with Gasteiger partial charge < -0.3 is 9.47 Å². The highest BCUT2D eigenvalue weighted by Crippen LogP contribution is 2.35. The predicted molar refractivity (Wildman–Crippen MR) is 79.1 cm³/mol. The number of rotatable bonds is 5. The van der Waals surface area contributed by atoms with Gasteiger partial charge in [0.15, 0.2) is 6.61 Å². The molecule has 0 unspecified atom stereocenters. The lowest BCUT2D eigenvalue weighted by atomic mass is 10.2. The number of carbonyl (C=O) groups is 1. The Balaban J connectivity index is 1.97. The molecular weight excluding hydrogens is 347 g/mol. The van der Waals surface area contributed by atoms with Crippen molar-refractivity contribution in [3.63, 3.8) is 0 Å². The number of benzene rings is 2. The van der Waals surface area contributed by atoms with Crippen molar-refractivity contribution in [1.29, 1.82) is 0 Å². The lowest BCUT2D eigenvalue weighted by Crippen LogP contribution is -2.41. The molecule has 0 heterocycles. The molecule has 0 aliphatic rings. The van der Waals surface area contributed by atoms with Crippen LogP contribution in [0.25, 0.3) is 0 Å². The molecule has 0 N–H and O–H groups in total. The van der Waals surface area contributed by atoms with Crippen LogP contribution in [-0.4, -0.2) is 24.7 Å². The van der Waals surface area contributed by atoms with Gasteiger partial charge in [-0.1, -0.05) is 17.7 Å². The summed E-state index contributed by atoms with van der Waals surface area (Å²) in [4.78, 5) is 11.9. The Morgan fingerprint density at radius 3 is 1.92 bits per heavy atom. The topological polar surface area (TPSA) is 35.5 Å². The van der Waals surface area contributed by atoms with Crippen molar-refractivity contribution in [3.05, 3.63) is 59.7 Å². The molecule has 0 radical (unpaired) electrons. The number of hydrogen-bond donors (Lipinski definition) is 0. The Labute approximate surface area is 140 Å². The summed E-state index contributed by atoms with van der Waals surface area (Å²) in [6.45, 7) is 0.0241. The van der Waals surface area contributed by atoms with Crippen LogP contribution in [-0.2, 0) is 0 Å². The van der Waals surface area contributed by atoms with Crippen LogP contribution in [0.5, 0.6) is 11.5 Å². The Morgan fingerprint density at radius 2 is 1.40 bits per heavy atom. The van der Waals surface area contributed by atoms with E-state index in [1.807, 2.05) is 6.92 Å². The quantitative estimate of drug-likeness (QED) is 0.437. The second-order valence-corrected chi connectivity index (χ2v) is 5.22. The Morgan fingerprint density at radius 1 is 0.880 bits per heavy atom. The van der Waals surface area contributed by atoms with Crippen molar-refractivity contribution in [1.82, 2.24) is 0 Å². The molecule has 0 amide bonds. The second kappa shape index (κ2) is 7.08. The van der Waals surface area contributed by atoms with Crippen LogP contribution in [0.2, 0.25) is 0 Å². The van der Waals surface area contributed by atoms with E-state index >= 15 is 0 Å². The molecule has 134 valence electrons. The van der Waals surface area contributed by atoms with E-state index in [1.54, 1.807) is 24.3 Å². The third-order valence-electron chi connectivity index (χ3n) is 3.16. The standard InChI is InChI=1S/C17H13F5O3/c1-11-2-6-14(7-3-11)25-15(23)12-4-8-13(9-5-12)24-10-16(18,19)17(20,21)22/h2-9H,10H2,1H3. The molecule has 0 saturated heterocycles. The maximum atomic E-state index is 12.8. The lowest BCUT2D eigenvalue weighted by Gasteiger charge is -2.19. The van der Waals surface area contributed by atoms with Gasteiger partial charge in [-0.3, -0.25) is 0 Å². The summed E-state index contributed by atoms with van der Waals surface area (Å²) < 4.78 is 71.2. The molecular formula is C17H13F5O3. The average Bonchev–Trinajstić information content (AvgIpc) is 2.54. The molecule has 2 aromatic rings. The van der Waals surface area contributed by atoms with E-state index in [0.29, 0.717) is 5.75 Å². The number of aryl methyl sites for hydroxylation is 1. The smallest absolute Gasteiger partial charge is 0.456 e. The van der Waals surface area contributed by atoms with Crippen molar-refractivity contribution in [2.75, 3.05) is 6.61 Å². The Hall–Kier alpha value is -2.64. The molecule has 25 heavy (non-hydrogen) atoms. The van der Waals surface area contributed by atoms with Crippen LogP contribution >= 0.6 is 0 Å². The van der Waals surface area contributed by atoms with E-state index in [-0.39, 0.29) is 11.3 Å². The molecule has 0 aromatic heterocycles. The monoisotopic (exact) mass is 360 g/mol. The van der Waals surface area contributed by atoms with E-state index in [9.17, 15) is 26.7 Å². The molecule has 0 fully saturated rings. The third kappa shape index (κ3) is 4.91. The summed E-state index contributed by atoms with van der Waals surface area (Å²) in [5.74, 6) is -5.57. The van der Waals surface area contributed by atoms with Crippen LogP contribution in [0, 0.1) is 6.92 Å². The van der Waals surface area contributed by atoms with Gasteiger partial charge in [0.2, 0.25) is 0 Å². The van der Waals surface area contributed by atoms with Crippen LogP contribution in [0.1, 0.15) is 15.9 Å². The number of ether oxygens (including phenoxy) is 2. The van der Waals surface area contributed by atoms with E-state index < -0.39 is 24.7 Å². The average molecular weight is 360 g/mol. The molecule has 3 nitrogen and oxygen atoms in total. The Bertz CT molecular complexity index is 721. The van der Waals surface area contributed by atoms with Crippen LogP contribution < -0.4 is 9.47 Å². The fraction of sp³-hybridized carbons (Fsp3) is 0.235. The highest BCUT2D eigenvalue weighted by Gasteiger charge is 2.58. The van der Waals surface area contributed by atoms with Gasteiger partial charge in [0.1, 0.15) is 11.5 Å². The lowest BCUT2D eigenvalue weighted by molar-refractivity contribution is -0.290. The zero-order valence-electron chi connectivity index (χ0n) is 12.9. The summed E-state index contributed by atoms with van der Waals surface area (Å²) in [5.41, 5.74) is 1.08. The molecule has 2 aromatic carbocycles. The van der Waals surface area contributed by atoms with Crippen molar-refractivity contribution in [2.45, 2.75) is 19.0 Å². The van der Waals surface area contributed by atoms with Crippen molar-refractivity contribution in [2.24, 2.45) is 0 Å². The van der Waals surface area contributed by atoms with E-state index in [0.717, 1.165) is 17.7 Å². The predicted octanol–water partition coefficient (Wildman–Crippen LogP) is 4.79. The van der Waals surface area contributed by atoms with Gasteiger partial charge >= 0.3 is 18.1 Å². The van der Waals surface area contributed by atoms with Crippen LogP contribution in [0.3, 0.4) is 0 Å². The second-order valence-electron chi connectivity index (χ2n) is 5.22. The number of hydrogen-bond acceptors (Lipinski definition) is 3. The largest absolute Gasteiger partial charge is 0.487 e. The van der Waals surface area contributed by atoms with E-state index in [2.05, 4.69) is 4.74 Å². The first kappa shape index (κ1) is 18.7. The molecule has 0 spiro atoms. The van der Waals surface area contributed by atoms with Gasteiger partial charge in [-0.05, 0) is 43.3 Å². The van der Waals surface area contributed by atoms with Crippen molar-refractivity contribution in [3.8, 4) is 11.5 Å². The maximum absolute atomic E-state index is 12.8. The minimum absolute atomic E-state index is 0.0931. The van der Waals surface area contributed by atoms with Gasteiger partial charge in [-0.2, -0.15) is 22.0 Å². The molecule has 2 rings (SSSR count). The fourth-order valence-electron chi connectivity index (χ4n) is 1.72. The van der Waals surface area contributed by atoms with E-state index in [1.165, 1.54) is 12.1 Å². The first-order chi connectivity index (χ1) is 11.6. The van der Waals surface area contributed by atoms with Crippen LogP contribution in [0.4, 0.5) is 22.0 Å². The molecule has 0 aliphatic heterocycles. The molecule has 0 bridgehead atoms. The summed E-state index contributed by atoms with van der Waals surface area (Å²) in [7, 11) is 0. The molecule has 0 saturated carbocycles. The zero-order valence-corrected chi connectivity index (χ0v) is 12.9. The molecule has 8 heteroatoms. The first-order valence-electron chi connectivity index (χ1n) is 7.05. The van der Waals surface area contributed by atoms with Gasteiger partial charge in [-0.15, -0.1) is 0 Å². The number of alkyl halides is 5. The number of esters is 1. The Kier molecular flexibility index (Phi) is 5.30. The summed E-state index contributed by atoms with van der Waals surface area (Å²) in [6, 6.07) is 11.3. The highest BCUT2D eigenvalue weighted by molar-refractivity contribution is 5.91. The van der Waals surface area contributed by atoms with Gasteiger partial charge in [0.25, 0.3) is 0 Å². The minimum Gasteiger partial charge on any atom is -0.487 e. The van der Waals surface area contributed by atoms with Crippen molar-refractivity contribution < 1.29 is 36.2 Å². The maximum Gasteiger partial charge on any atom is 0.456 e. The summed E-state index contributed by atoms with van der Waals surface area (Å²) in [6.07, 6.45) is -5.69. The van der Waals surface area contributed by atoms with Crippen LogP contribution in [0.15, 0.2) is 48.5 Å². The minimum atomic E-state index is -5.69. The van der Waals surface area contributed by atoms with Gasteiger partial charge in [0.05, 0.1) is 5.56 Å². The highest BCUT2D eigenvalue weighted by atomic mass is 19.4. The SMILES string of the molecule is Cc1ccc(OC(=O)c2ccc(OCC(F)(F)C(F)(F)F)cc2)cc1. The number of halogens is 5.